The molecule has 1 amide bonds. The van der Waals surface area contributed by atoms with E-state index in [1.165, 1.54) is 30.5 Å². The van der Waals surface area contributed by atoms with Gasteiger partial charge in [-0.25, -0.2) is 0 Å². The van der Waals surface area contributed by atoms with Gasteiger partial charge < -0.3 is 14.7 Å². The number of carboxylic acid groups (broad SMARTS) is 1. The van der Waals surface area contributed by atoms with Crippen LogP contribution in [0.15, 0.2) is 72.8 Å². The molecule has 1 saturated carbocycles. The molecular weight excluding hydrogens is 519 g/mol. The summed E-state index contributed by atoms with van der Waals surface area (Å²) in [6.07, 6.45) is 0.723. The first-order chi connectivity index (χ1) is 19.1. The molecule has 0 aliphatic heterocycles. The maximum Gasteiger partial charge on any atom is 0.417 e. The highest BCUT2D eigenvalue weighted by Crippen LogP contribution is 2.41. The summed E-state index contributed by atoms with van der Waals surface area (Å²) in [6.45, 7) is 0.0798. The number of amides is 1. The van der Waals surface area contributed by atoms with Crippen molar-refractivity contribution in [1.29, 1.82) is 0 Å². The van der Waals surface area contributed by atoms with Gasteiger partial charge in [0.2, 0.25) is 0 Å². The second-order valence-electron chi connectivity index (χ2n) is 10.4. The largest absolute Gasteiger partial charge is 0.486 e. The van der Waals surface area contributed by atoms with Crippen LogP contribution in [0.5, 0.6) is 5.75 Å². The van der Waals surface area contributed by atoms with Crippen molar-refractivity contribution in [2.24, 2.45) is 5.92 Å². The molecule has 0 spiro atoms. The molecule has 3 aromatic rings. The molecule has 1 aliphatic rings. The van der Waals surface area contributed by atoms with Crippen LogP contribution in [0.1, 0.15) is 72.5 Å². The zero-order valence-corrected chi connectivity index (χ0v) is 22.5. The van der Waals surface area contributed by atoms with E-state index >= 15 is 0 Å². The summed E-state index contributed by atoms with van der Waals surface area (Å²) < 4.78 is 49.0. The Balaban J connectivity index is 1.61. The van der Waals surface area contributed by atoms with Gasteiger partial charge in [-0.3, -0.25) is 9.59 Å². The number of nitrogens with zero attached hydrogens (tertiary/aromatic N) is 1. The van der Waals surface area contributed by atoms with Crippen molar-refractivity contribution >= 4 is 11.9 Å². The molecule has 1 fully saturated rings. The molecule has 0 saturated heterocycles. The third kappa shape index (κ3) is 7.64. The summed E-state index contributed by atoms with van der Waals surface area (Å²) in [4.78, 5) is 24.8. The molecule has 5 nitrogen and oxygen atoms in total. The normalized spacial score (nSPS) is 14.9. The molecule has 40 heavy (non-hydrogen) atoms. The lowest BCUT2D eigenvalue weighted by Gasteiger charge is -2.28. The number of alkyl halides is 3. The van der Waals surface area contributed by atoms with E-state index in [2.05, 4.69) is 0 Å². The van der Waals surface area contributed by atoms with Gasteiger partial charge in [-0.1, -0.05) is 74.6 Å². The molecule has 1 aliphatic carbocycles. The van der Waals surface area contributed by atoms with Crippen molar-refractivity contribution < 1.29 is 32.6 Å². The number of carbonyl (C=O) groups is 2. The van der Waals surface area contributed by atoms with Gasteiger partial charge in [-0.2, -0.15) is 13.2 Å². The number of aliphatic carboxylic acids is 1. The van der Waals surface area contributed by atoms with Crippen LogP contribution in [0.2, 0.25) is 0 Å². The molecular formula is C32H34F3NO4. The average molecular weight is 554 g/mol. The van der Waals surface area contributed by atoms with Crippen LogP contribution in [-0.2, 0) is 11.0 Å². The third-order valence-corrected chi connectivity index (χ3v) is 7.47. The second-order valence-corrected chi connectivity index (χ2v) is 10.4. The Kier molecular flexibility index (Phi) is 9.50. The van der Waals surface area contributed by atoms with Gasteiger partial charge in [0.05, 0.1) is 12.0 Å². The quantitative estimate of drug-likeness (QED) is 0.276. The number of rotatable bonds is 10. The van der Waals surface area contributed by atoms with E-state index in [9.17, 15) is 22.8 Å². The topological polar surface area (TPSA) is 66.8 Å². The van der Waals surface area contributed by atoms with Gasteiger partial charge in [0, 0.05) is 19.2 Å². The molecule has 0 aromatic heterocycles. The van der Waals surface area contributed by atoms with Crippen LogP contribution in [0, 0.1) is 5.92 Å². The van der Waals surface area contributed by atoms with Crippen molar-refractivity contribution in [2.75, 3.05) is 13.6 Å². The van der Waals surface area contributed by atoms with E-state index in [0.717, 1.165) is 25.7 Å². The molecule has 4 rings (SSSR count). The number of benzene rings is 3. The van der Waals surface area contributed by atoms with Crippen molar-refractivity contribution in [3.05, 3.63) is 89.5 Å². The Bertz CT molecular complexity index is 1290. The predicted molar refractivity (Wildman–Crippen MR) is 147 cm³/mol. The van der Waals surface area contributed by atoms with Crippen LogP contribution in [-0.4, -0.2) is 35.5 Å². The van der Waals surface area contributed by atoms with Crippen molar-refractivity contribution in [3.8, 4) is 16.9 Å². The van der Waals surface area contributed by atoms with E-state index in [4.69, 9.17) is 9.84 Å². The number of ether oxygens (including phenoxy) is 1. The highest BCUT2D eigenvalue weighted by atomic mass is 19.4. The van der Waals surface area contributed by atoms with Gasteiger partial charge in [0.15, 0.2) is 0 Å². The number of hydrogen-bond donors (Lipinski definition) is 1. The van der Waals surface area contributed by atoms with Crippen LogP contribution >= 0.6 is 0 Å². The molecule has 0 bridgehead atoms. The van der Waals surface area contributed by atoms with Gasteiger partial charge in [-0.05, 0) is 59.4 Å². The SMILES string of the molecule is CN(CCC(=O)O)C(=O)c1ccc(OC(CC2CCCCC2)c2ccc(-c3ccccc3)c(C(F)(F)F)c2)cc1. The Labute approximate surface area is 232 Å². The Hall–Kier alpha value is -3.81. The lowest BCUT2D eigenvalue weighted by atomic mass is 9.83. The van der Waals surface area contributed by atoms with Crippen LogP contribution < -0.4 is 4.74 Å². The van der Waals surface area contributed by atoms with E-state index in [-0.39, 0.29) is 24.4 Å². The van der Waals surface area contributed by atoms with Gasteiger partial charge >= 0.3 is 12.1 Å². The van der Waals surface area contributed by atoms with E-state index in [1.807, 2.05) is 0 Å². The van der Waals surface area contributed by atoms with Crippen molar-refractivity contribution in [2.45, 2.75) is 57.2 Å². The Morgan fingerprint density at radius 3 is 2.27 bits per heavy atom. The summed E-state index contributed by atoms with van der Waals surface area (Å²) in [5.41, 5.74) is 0.767. The summed E-state index contributed by atoms with van der Waals surface area (Å²) >= 11 is 0. The first-order valence-electron chi connectivity index (χ1n) is 13.6. The van der Waals surface area contributed by atoms with E-state index in [1.54, 1.807) is 60.7 Å². The monoisotopic (exact) mass is 553 g/mol. The predicted octanol–water partition coefficient (Wildman–Crippen LogP) is 8.01. The highest BCUT2D eigenvalue weighted by Gasteiger charge is 2.35. The van der Waals surface area contributed by atoms with Gasteiger partial charge in [0.25, 0.3) is 5.91 Å². The van der Waals surface area contributed by atoms with Crippen LogP contribution in [0.3, 0.4) is 0 Å². The molecule has 1 N–H and O–H groups in total. The fourth-order valence-electron chi connectivity index (χ4n) is 5.27. The highest BCUT2D eigenvalue weighted by molar-refractivity contribution is 5.94. The second kappa shape index (κ2) is 13.0. The Morgan fingerprint density at radius 2 is 1.65 bits per heavy atom. The van der Waals surface area contributed by atoms with Crippen LogP contribution in [0.4, 0.5) is 13.2 Å². The average Bonchev–Trinajstić information content (AvgIpc) is 2.96. The molecule has 1 unspecified atom stereocenters. The lowest BCUT2D eigenvalue weighted by molar-refractivity contribution is -0.138. The van der Waals surface area contributed by atoms with Crippen molar-refractivity contribution in [1.82, 2.24) is 4.90 Å². The summed E-state index contributed by atoms with van der Waals surface area (Å²) in [5, 5.41) is 8.86. The van der Waals surface area contributed by atoms with Crippen LogP contribution in [0.25, 0.3) is 11.1 Å². The maximum absolute atomic E-state index is 14.2. The molecule has 1 atom stereocenters. The van der Waals surface area contributed by atoms with Gasteiger partial charge in [0.1, 0.15) is 11.9 Å². The number of carboxylic acids is 1. The zero-order valence-electron chi connectivity index (χ0n) is 22.5. The fourth-order valence-corrected chi connectivity index (χ4v) is 5.27. The summed E-state index contributed by atoms with van der Waals surface area (Å²) in [5.74, 6) is -0.507. The van der Waals surface area contributed by atoms with E-state index in [0.29, 0.717) is 34.8 Å². The first kappa shape index (κ1) is 29.2. The molecule has 0 heterocycles. The van der Waals surface area contributed by atoms with Crippen molar-refractivity contribution in [3.63, 3.8) is 0 Å². The van der Waals surface area contributed by atoms with E-state index < -0.39 is 23.8 Å². The minimum absolute atomic E-state index is 0.0798. The third-order valence-electron chi connectivity index (χ3n) is 7.47. The van der Waals surface area contributed by atoms with Gasteiger partial charge in [-0.15, -0.1) is 0 Å². The molecule has 0 radical (unpaired) electrons. The number of halogens is 3. The number of carbonyl (C=O) groups excluding carboxylic acids is 1. The molecule has 8 heteroatoms. The summed E-state index contributed by atoms with van der Waals surface area (Å²) in [7, 11) is 1.53. The smallest absolute Gasteiger partial charge is 0.417 e. The maximum atomic E-state index is 14.2. The summed E-state index contributed by atoms with van der Waals surface area (Å²) in [6, 6.07) is 19.5. The minimum Gasteiger partial charge on any atom is -0.486 e. The number of hydrogen-bond acceptors (Lipinski definition) is 3. The zero-order chi connectivity index (χ0) is 28.7. The fraction of sp³-hybridized carbons (Fsp3) is 0.375. The standard InChI is InChI=1S/C32H34F3NO4/c1-36(19-18-30(37)38)31(39)24-12-15-26(16-13-24)40-29(20-22-8-4-2-5-9-22)25-14-17-27(23-10-6-3-7-11-23)28(21-25)32(33,34)35/h3,6-7,10-17,21-22,29H,2,4-5,8-9,18-20H2,1H3,(H,37,38). The Morgan fingerprint density at radius 1 is 0.975 bits per heavy atom. The minimum atomic E-state index is -4.54. The first-order valence-corrected chi connectivity index (χ1v) is 13.6. The lowest BCUT2D eigenvalue weighted by Crippen LogP contribution is -2.29. The molecule has 3 aromatic carbocycles. The molecule has 212 valence electrons.